The second-order valence-electron chi connectivity index (χ2n) is 3.89. The Morgan fingerprint density at radius 3 is 3.00 bits per heavy atom. The number of benzene rings is 1. The topological polar surface area (TPSA) is 55.6 Å². The summed E-state index contributed by atoms with van der Waals surface area (Å²) in [7, 11) is 0. The highest BCUT2D eigenvalue weighted by Gasteiger charge is 2.30. The van der Waals surface area contributed by atoms with Crippen LogP contribution in [0.1, 0.15) is 12.5 Å². The van der Waals surface area contributed by atoms with Crippen LogP contribution in [0.5, 0.6) is 5.75 Å². The van der Waals surface area contributed by atoms with Crippen molar-refractivity contribution in [3.8, 4) is 18.1 Å². The number of amides is 1. The molecule has 1 atom stereocenters. The Hall–Kier alpha value is -1.99. The molecule has 1 aliphatic heterocycles. The molecule has 1 aromatic carbocycles. The van der Waals surface area contributed by atoms with Crippen LogP contribution < -0.4 is 15.4 Å². The first-order valence-electron chi connectivity index (χ1n) is 5.42. The number of fused-ring (bicyclic) bond motifs is 1. The summed E-state index contributed by atoms with van der Waals surface area (Å²) in [5.41, 5.74) is 7.24. The summed E-state index contributed by atoms with van der Waals surface area (Å²) in [6, 6.07) is 5.54. The lowest BCUT2D eigenvalue weighted by Gasteiger charge is -2.32. The van der Waals surface area contributed by atoms with Crippen molar-refractivity contribution in [3.05, 3.63) is 23.8 Å². The molecule has 4 heteroatoms. The molecule has 17 heavy (non-hydrogen) atoms. The van der Waals surface area contributed by atoms with E-state index in [1.165, 1.54) is 0 Å². The van der Waals surface area contributed by atoms with Crippen molar-refractivity contribution in [2.45, 2.75) is 19.6 Å². The molecule has 1 amide bonds. The molecule has 0 radical (unpaired) electrons. The third kappa shape index (κ3) is 1.97. The first kappa shape index (κ1) is 11.5. The maximum absolute atomic E-state index is 11.9. The number of nitrogens with two attached hydrogens (primary N) is 1. The fourth-order valence-corrected chi connectivity index (χ4v) is 1.84. The molecule has 1 aliphatic rings. The number of terminal acetylenes is 1. The van der Waals surface area contributed by atoms with Gasteiger partial charge >= 0.3 is 0 Å². The van der Waals surface area contributed by atoms with Gasteiger partial charge < -0.3 is 10.5 Å². The lowest BCUT2D eigenvalue weighted by Crippen LogP contribution is -2.44. The standard InChI is InChI=1S/C13H14N2O2/c1-3-6-15-11-5-4-10(8-14)7-12(11)17-9(2)13(15)16/h1,4-5,7,9H,6,8,14H2,2H3. The number of carbonyl (C=O) groups is 1. The molecular formula is C13H14N2O2. The first-order valence-corrected chi connectivity index (χ1v) is 5.42. The van der Waals surface area contributed by atoms with E-state index < -0.39 is 6.10 Å². The zero-order valence-electron chi connectivity index (χ0n) is 9.64. The van der Waals surface area contributed by atoms with E-state index in [-0.39, 0.29) is 12.5 Å². The molecule has 0 aliphatic carbocycles. The number of carbonyl (C=O) groups excluding carboxylic acids is 1. The minimum Gasteiger partial charge on any atom is -0.479 e. The van der Waals surface area contributed by atoms with Crippen molar-refractivity contribution in [3.63, 3.8) is 0 Å². The number of hydrogen-bond donors (Lipinski definition) is 1. The number of ether oxygens (including phenoxy) is 1. The lowest BCUT2D eigenvalue weighted by atomic mass is 10.1. The number of rotatable bonds is 2. The van der Waals surface area contributed by atoms with Gasteiger partial charge in [0.05, 0.1) is 12.2 Å². The van der Waals surface area contributed by atoms with E-state index in [4.69, 9.17) is 16.9 Å². The molecular weight excluding hydrogens is 216 g/mol. The van der Waals surface area contributed by atoms with Gasteiger partial charge in [-0.05, 0) is 24.6 Å². The summed E-state index contributed by atoms with van der Waals surface area (Å²) in [6.07, 6.45) is 4.77. The molecule has 2 N–H and O–H groups in total. The average Bonchev–Trinajstić information content (AvgIpc) is 2.34. The van der Waals surface area contributed by atoms with Crippen molar-refractivity contribution < 1.29 is 9.53 Å². The van der Waals surface area contributed by atoms with Gasteiger partial charge in [-0.3, -0.25) is 9.69 Å². The maximum atomic E-state index is 11.9. The minimum absolute atomic E-state index is 0.115. The molecule has 1 aromatic rings. The highest BCUT2D eigenvalue weighted by Crippen LogP contribution is 2.34. The van der Waals surface area contributed by atoms with E-state index in [2.05, 4.69) is 5.92 Å². The predicted octanol–water partition coefficient (Wildman–Crippen LogP) is 0.892. The number of anilines is 1. The van der Waals surface area contributed by atoms with E-state index in [1.54, 1.807) is 11.8 Å². The Bertz CT molecular complexity index is 491. The van der Waals surface area contributed by atoms with Crippen LogP contribution in [0.2, 0.25) is 0 Å². The Morgan fingerprint density at radius 2 is 2.35 bits per heavy atom. The highest BCUT2D eigenvalue weighted by atomic mass is 16.5. The van der Waals surface area contributed by atoms with Gasteiger partial charge in [0, 0.05) is 6.54 Å². The van der Waals surface area contributed by atoms with Gasteiger partial charge in [-0.25, -0.2) is 0 Å². The molecule has 0 fully saturated rings. The van der Waals surface area contributed by atoms with Crippen molar-refractivity contribution >= 4 is 11.6 Å². The monoisotopic (exact) mass is 230 g/mol. The van der Waals surface area contributed by atoms with Crippen molar-refractivity contribution in [2.24, 2.45) is 5.73 Å². The van der Waals surface area contributed by atoms with Crippen LogP contribution in [-0.4, -0.2) is 18.6 Å². The van der Waals surface area contributed by atoms with Crippen LogP contribution in [0.25, 0.3) is 0 Å². The molecule has 1 heterocycles. The van der Waals surface area contributed by atoms with Crippen LogP contribution in [0.15, 0.2) is 18.2 Å². The van der Waals surface area contributed by atoms with E-state index in [1.807, 2.05) is 18.2 Å². The van der Waals surface area contributed by atoms with Crippen LogP contribution in [-0.2, 0) is 11.3 Å². The molecule has 0 aromatic heterocycles. The normalized spacial score (nSPS) is 18.3. The van der Waals surface area contributed by atoms with Crippen molar-refractivity contribution in [1.82, 2.24) is 0 Å². The largest absolute Gasteiger partial charge is 0.479 e. The number of nitrogens with zero attached hydrogens (tertiary/aromatic N) is 1. The van der Waals surface area contributed by atoms with Crippen LogP contribution in [0, 0.1) is 12.3 Å². The molecule has 4 nitrogen and oxygen atoms in total. The number of hydrogen-bond acceptors (Lipinski definition) is 3. The van der Waals surface area contributed by atoms with Gasteiger partial charge in [-0.1, -0.05) is 12.0 Å². The summed E-state index contributed by atoms with van der Waals surface area (Å²) < 4.78 is 5.55. The third-order valence-electron chi connectivity index (χ3n) is 2.72. The van der Waals surface area contributed by atoms with Crippen LogP contribution >= 0.6 is 0 Å². The van der Waals surface area contributed by atoms with E-state index in [9.17, 15) is 4.79 Å². The zero-order chi connectivity index (χ0) is 12.4. The average molecular weight is 230 g/mol. The summed E-state index contributed by atoms with van der Waals surface area (Å²) in [6.45, 7) is 2.40. The molecule has 88 valence electrons. The van der Waals surface area contributed by atoms with Gasteiger partial charge in [-0.15, -0.1) is 6.42 Å². The lowest BCUT2D eigenvalue weighted by molar-refractivity contribution is -0.125. The van der Waals surface area contributed by atoms with E-state index >= 15 is 0 Å². The van der Waals surface area contributed by atoms with Gasteiger partial charge in [0.25, 0.3) is 5.91 Å². The Balaban J connectivity index is 2.45. The second kappa shape index (κ2) is 4.48. The van der Waals surface area contributed by atoms with Gasteiger partial charge in [0.15, 0.2) is 6.10 Å². The minimum atomic E-state index is -0.510. The quantitative estimate of drug-likeness (QED) is 0.768. The Morgan fingerprint density at radius 1 is 1.59 bits per heavy atom. The smallest absolute Gasteiger partial charge is 0.268 e. The van der Waals surface area contributed by atoms with Gasteiger partial charge in [0.1, 0.15) is 5.75 Å². The molecule has 0 bridgehead atoms. The van der Waals surface area contributed by atoms with Crippen LogP contribution in [0.4, 0.5) is 5.69 Å². The van der Waals surface area contributed by atoms with E-state index in [0.29, 0.717) is 18.0 Å². The molecule has 2 rings (SSSR count). The molecule has 0 saturated carbocycles. The summed E-state index contributed by atoms with van der Waals surface area (Å²) in [4.78, 5) is 13.5. The third-order valence-corrected chi connectivity index (χ3v) is 2.72. The fourth-order valence-electron chi connectivity index (χ4n) is 1.84. The Labute approximate surface area is 100 Å². The second-order valence-corrected chi connectivity index (χ2v) is 3.89. The molecule has 1 unspecified atom stereocenters. The zero-order valence-corrected chi connectivity index (χ0v) is 9.64. The van der Waals surface area contributed by atoms with E-state index in [0.717, 1.165) is 5.56 Å². The van der Waals surface area contributed by atoms with Gasteiger partial charge in [-0.2, -0.15) is 0 Å². The summed E-state index contributed by atoms with van der Waals surface area (Å²) >= 11 is 0. The summed E-state index contributed by atoms with van der Waals surface area (Å²) in [5, 5.41) is 0. The summed E-state index contributed by atoms with van der Waals surface area (Å²) in [5.74, 6) is 3.03. The van der Waals surface area contributed by atoms with Crippen molar-refractivity contribution in [1.29, 1.82) is 0 Å². The highest BCUT2D eigenvalue weighted by molar-refractivity contribution is 6.00. The Kier molecular flexibility index (Phi) is 3.03. The molecule has 0 saturated heterocycles. The van der Waals surface area contributed by atoms with Crippen LogP contribution in [0.3, 0.4) is 0 Å². The first-order chi connectivity index (χ1) is 8.17. The SMILES string of the molecule is C#CCN1C(=O)C(C)Oc2cc(CN)ccc21. The van der Waals surface area contributed by atoms with Crippen molar-refractivity contribution in [2.75, 3.05) is 11.4 Å². The molecule has 0 spiro atoms. The fraction of sp³-hybridized carbons (Fsp3) is 0.308. The predicted molar refractivity (Wildman–Crippen MR) is 65.6 cm³/mol. The van der Waals surface area contributed by atoms with Gasteiger partial charge in [0.2, 0.25) is 0 Å². The maximum Gasteiger partial charge on any atom is 0.268 e.